The summed E-state index contributed by atoms with van der Waals surface area (Å²) in [6, 6.07) is 0.507. The van der Waals surface area contributed by atoms with Crippen molar-refractivity contribution in [3.63, 3.8) is 0 Å². The Labute approximate surface area is 105 Å². The van der Waals surface area contributed by atoms with Crippen molar-refractivity contribution in [3.05, 3.63) is 10.5 Å². The first-order valence-electron chi connectivity index (χ1n) is 6.17. The van der Waals surface area contributed by atoms with E-state index >= 15 is 0 Å². The predicted molar refractivity (Wildman–Crippen MR) is 69.3 cm³/mol. The lowest BCUT2D eigenvalue weighted by atomic mass is 9.96. The van der Waals surface area contributed by atoms with Gasteiger partial charge < -0.3 is 5.73 Å². The number of H-pyrrole nitrogens is 1. The van der Waals surface area contributed by atoms with E-state index in [4.69, 9.17) is 5.73 Å². The van der Waals surface area contributed by atoms with Gasteiger partial charge >= 0.3 is 5.69 Å². The maximum Gasteiger partial charge on any atom is 0.344 e. The molecule has 1 aliphatic carbocycles. The van der Waals surface area contributed by atoms with Crippen LogP contribution in [0.15, 0.2) is 9.95 Å². The zero-order valence-electron chi connectivity index (χ0n) is 10.3. The molecule has 17 heavy (non-hydrogen) atoms. The first-order valence-corrected chi connectivity index (χ1v) is 7.05. The Morgan fingerprint density at radius 3 is 2.65 bits per heavy atom. The molecule has 0 amide bonds. The van der Waals surface area contributed by atoms with Crippen LogP contribution in [-0.4, -0.2) is 26.1 Å². The zero-order chi connectivity index (χ0) is 12.4. The van der Waals surface area contributed by atoms with Crippen LogP contribution in [0.25, 0.3) is 0 Å². The van der Waals surface area contributed by atoms with E-state index in [9.17, 15) is 4.79 Å². The summed E-state index contributed by atoms with van der Waals surface area (Å²) in [6.07, 6.45) is 4.39. The van der Waals surface area contributed by atoms with Crippen LogP contribution < -0.4 is 11.4 Å². The van der Waals surface area contributed by atoms with Crippen molar-refractivity contribution in [2.24, 2.45) is 5.73 Å². The van der Waals surface area contributed by atoms with Gasteiger partial charge in [-0.1, -0.05) is 11.8 Å². The van der Waals surface area contributed by atoms with E-state index in [2.05, 4.69) is 10.2 Å². The molecule has 1 aromatic heterocycles. The van der Waals surface area contributed by atoms with Crippen LogP contribution >= 0.6 is 11.8 Å². The fourth-order valence-corrected chi connectivity index (χ4v) is 3.50. The maximum absolute atomic E-state index is 11.6. The minimum atomic E-state index is -0.116. The van der Waals surface area contributed by atoms with Crippen LogP contribution in [0.4, 0.5) is 0 Å². The summed E-state index contributed by atoms with van der Waals surface area (Å²) in [5.74, 6) is 0. The van der Waals surface area contributed by atoms with Gasteiger partial charge in [0.25, 0.3) is 0 Å². The Morgan fingerprint density at radius 2 is 2.06 bits per heavy atom. The van der Waals surface area contributed by atoms with Gasteiger partial charge in [-0.25, -0.2) is 9.89 Å². The molecule has 96 valence electrons. The van der Waals surface area contributed by atoms with E-state index in [1.165, 1.54) is 0 Å². The summed E-state index contributed by atoms with van der Waals surface area (Å²) < 4.78 is 1.72. The van der Waals surface area contributed by atoms with E-state index in [0.29, 0.717) is 11.3 Å². The zero-order valence-corrected chi connectivity index (χ0v) is 11.2. The molecule has 1 heterocycles. The van der Waals surface area contributed by atoms with Gasteiger partial charge in [-0.3, -0.25) is 4.57 Å². The number of nitrogens with two attached hydrogens (primary N) is 1. The first kappa shape index (κ1) is 12.7. The fraction of sp³-hybridized carbons (Fsp3) is 0.818. The van der Waals surface area contributed by atoms with Gasteiger partial charge in [-0.15, -0.1) is 5.10 Å². The highest BCUT2D eigenvalue weighted by Gasteiger charge is 2.22. The van der Waals surface area contributed by atoms with Gasteiger partial charge in [0, 0.05) is 17.3 Å². The highest BCUT2D eigenvalue weighted by Crippen LogP contribution is 2.32. The van der Waals surface area contributed by atoms with Crippen molar-refractivity contribution in [2.75, 3.05) is 0 Å². The molecule has 0 spiro atoms. The standard InChI is InChI=1S/C11H20N4OS/c1-7(2)15-10(16)13-14-11(15)17-9-5-3-8(12)4-6-9/h7-9H,3-6,12H2,1-2H3,(H,13,16). The van der Waals surface area contributed by atoms with Gasteiger partial charge in [-0.05, 0) is 39.5 Å². The minimum Gasteiger partial charge on any atom is -0.328 e. The number of aromatic amines is 1. The van der Waals surface area contributed by atoms with Gasteiger partial charge in [-0.2, -0.15) is 0 Å². The number of nitrogens with zero attached hydrogens (tertiary/aromatic N) is 2. The van der Waals surface area contributed by atoms with Crippen LogP contribution in [0.1, 0.15) is 45.6 Å². The second kappa shape index (κ2) is 5.27. The largest absolute Gasteiger partial charge is 0.344 e. The van der Waals surface area contributed by atoms with Crippen molar-refractivity contribution in [1.82, 2.24) is 14.8 Å². The lowest BCUT2D eigenvalue weighted by molar-refractivity contribution is 0.448. The van der Waals surface area contributed by atoms with Crippen molar-refractivity contribution in [1.29, 1.82) is 0 Å². The third-order valence-electron chi connectivity index (χ3n) is 3.18. The highest BCUT2D eigenvalue weighted by molar-refractivity contribution is 7.99. The Hall–Kier alpha value is -0.750. The van der Waals surface area contributed by atoms with E-state index in [0.717, 1.165) is 30.8 Å². The molecule has 3 N–H and O–H groups in total. The van der Waals surface area contributed by atoms with Crippen molar-refractivity contribution in [2.45, 2.75) is 62.0 Å². The molecule has 1 saturated carbocycles. The molecule has 1 aliphatic rings. The number of hydrogen-bond donors (Lipinski definition) is 2. The molecule has 0 atom stereocenters. The third-order valence-corrected chi connectivity index (χ3v) is 4.48. The van der Waals surface area contributed by atoms with E-state index in [1.54, 1.807) is 16.3 Å². The third kappa shape index (κ3) is 2.93. The number of aromatic nitrogens is 3. The number of thioether (sulfide) groups is 1. The maximum atomic E-state index is 11.6. The van der Waals surface area contributed by atoms with Gasteiger partial charge in [0.1, 0.15) is 0 Å². The molecule has 1 fully saturated rings. The molecular weight excluding hydrogens is 236 g/mol. The van der Waals surface area contributed by atoms with E-state index < -0.39 is 0 Å². The molecule has 0 aliphatic heterocycles. The predicted octanol–water partition coefficient (Wildman–Crippen LogP) is 1.51. The average molecular weight is 256 g/mol. The molecule has 0 radical (unpaired) electrons. The molecule has 0 aromatic carbocycles. The number of rotatable bonds is 3. The Bertz CT molecular complexity index is 417. The normalized spacial score (nSPS) is 25.4. The average Bonchev–Trinajstić information content (AvgIpc) is 2.63. The van der Waals surface area contributed by atoms with Crippen LogP contribution in [-0.2, 0) is 0 Å². The molecule has 5 nitrogen and oxygen atoms in total. The van der Waals surface area contributed by atoms with Gasteiger partial charge in [0.2, 0.25) is 0 Å². The summed E-state index contributed by atoms with van der Waals surface area (Å²) in [6.45, 7) is 4.00. The van der Waals surface area contributed by atoms with E-state index in [1.807, 2.05) is 13.8 Å². The molecule has 0 saturated heterocycles. The summed E-state index contributed by atoms with van der Waals surface area (Å²) in [5, 5.41) is 7.99. The monoisotopic (exact) mass is 256 g/mol. The summed E-state index contributed by atoms with van der Waals surface area (Å²) in [7, 11) is 0. The van der Waals surface area contributed by atoms with Gasteiger partial charge in [0.05, 0.1) is 0 Å². The summed E-state index contributed by atoms with van der Waals surface area (Å²) >= 11 is 1.71. The van der Waals surface area contributed by atoms with Gasteiger partial charge in [0.15, 0.2) is 5.16 Å². The Morgan fingerprint density at radius 1 is 1.41 bits per heavy atom. The quantitative estimate of drug-likeness (QED) is 0.859. The summed E-state index contributed by atoms with van der Waals surface area (Å²) in [4.78, 5) is 11.6. The number of nitrogens with one attached hydrogen (secondary N) is 1. The fourth-order valence-electron chi connectivity index (χ4n) is 2.18. The number of hydrogen-bond acceptors (Lipinski definition) is 4. The second-order valence-corrected chi connectivity index (χ2v) is 6.20. The topological polar surface area (TPSA) is 76.7 Å². The molecule has 0 unspecified atom stereocenters. The minimum absolute atomic E-state index is 0.116. The summed E-state index contributed by atoms with van der Waals surface area (Å²) in [5.41, 5.74) is 5.77. The second-order valence-electron chi connectivity index (χ2n) is 4.93. The highest BCUT2D eigenvalue weighted by atomic mass is 32.2. The van der Waals surface area contributed by atoms with Crippen LogP contribution in [0, 0.1) is 0 Å². The lowest BCUT2D eigenvalue weighted by Crippen LogP contribution is -2.28. The molecule has 2 rings (SSSR count). The molecule has 0 bridgehead atoms. The molecule has 1 aromatic rings. The van der Waals surface area contributed by atoms with Crippen molar-refractivity contribution in [3.8, 4) is 0 Å². The smallest absolute Gasteiger partial charge is 0.328 e. The van der Waals surface area contributed by atoms with Crippen LogP contribution in [0.2, 0.25) is 0 Å². The molecular formula is C11H20N4OS. The van der Waals surface area contributed by atoms with Crippen LogP contribution in [0.5, 0.6) is 0 Å². The molecule has 6 heteroatoms. The van der Waals surface area contributed by atoms with Crippen molar-refractivity contribution >= 4 is 11.8 Å². The van der Waals surface area contributed by atoms with Crippen molar-refractivity contribution < 1.29 is 0 Å². The van der Waals surface area contributed by atoms with Crippen LogP contribution in [0.3, 0.4) is 0 Å². The SMILES string of the molecule is CC(C)n1c(SC2CCC(N)CC2)n[nH]c1=O. The van der Waals surface area contributed by atoms with E-state index in [-0.39, 0.29) is 11.7 Å². The Balaban J connectivity index is 2.06. The first-order chi connectivity index (χ1) is 8.08. The lowest BCUT2D eigenvalue weighted by Gasteiger charge is -2.25. The Kier molecular flexibility index (Phi) is 3.93.